The Labute approximate surface area is 144 Å². The van der Waals surface area contributed by atoms with Gasteiger partial charge in [0, 0.05) is 5.88 Å². The van der Waals surface area contributed by atoms with E-state index in [0.717, 1.165) is 25.7 Å². The zero-order valence-electron chi connectivity index (χ0n) is 14.2. The quantitative estimate of drug-likeness (QED) is 0.346. The number of ether oxygens (including phenoxy) is 2. The van der Waals surface area contributed by atoms with Gasteiger partial charge in [-0.1, -0.05) is 45.4 Å². The van der Waals surface area contributed by atoms with Gasteiger partial charge in [-0.2, -0.15) is 0 Å². The van der Waals surface area contributed by atoms with E-state index in [0.29, 0.717) is 31.7 Å². The van der Waals surface area contributed by atoms with Crippen molar-refractivity contribution < 1.29 is 19.1 Å². The Morgan fingerprint density at radius 2 is 1.65 bits per heavy atom. The molecule has 134 valence electrons. The molecule has 1 rings (SSSR count). The molecule has 6 heteroatoms. The molecule has 0 unspecified atom stereocenters. The lowest BCUT2D eigenvalue weighted by Gasteiger charge is -2.27. The Kier molecular flexibility index (Phi) is 10.1. The minimum Gasteiger partial charge on any atom is -0.464 e. The van der Waals surface area contributed by atoms with E-state index in [1.807, 2.05) is 0 Å². The summed E-state index contributed by atoms with van der Waals surface area (Å²) in [6, 6.07) is 0. The van der Waals surface area contributed by atoms with Crippen LogP contribution in [-0.2, 0) is 14.3 Å². The summed E-state index contributed by atoms with van der Waals surface area (Å²) in [5, 5.41) is 2.73. The van der Waals surface area contributed by atoms with E-state index >= 15 is 0 Å². The molecular formula is C17H30ClNO4. The number of carbonyl (C=O) groups excluding carboxylic acids is 2. The number of halogens is 1. The molecule has 0 aromatic heterocycles. The number of unbranched alkanes of at least 4 members (excludes halogenated alkanes) is 4. The van der Waals surface area contributed by atoms with Crippen LogP contribution in [0.15, 0.2) is 0 Å². The molecule has 0 aliphatic heterocycles. The van der Waals surface area contributed by atoms with Crippen molar-refractivity contribution in [1.82, 2.24) is 5.32 Å². The molecule has 1 saturated carbocycles. The molecule has 23 heavy (non-hydrogen) atoms. The topological polar surface area (TPSA) is 64.6 Å². The third-order valence-electron chi connectivity index (χ3n) is 4.18. The fraction of sp³-hybridized carbons (Fsp3) is 0.882. The summed E-state index contributed by atoms with van der Waals surface area (Å²) >= 11 is 5.55. The molecule has 0 atom stereocenters. The minimum atomic E-state index is -0.901. The molecule has 0 aromatic carbocycles. The van der Waals surface area contributed by atoms with Crippen molar-refractivity contribution in [2.75, 3.05) is 19.1 Å². The van der Waals surface area contributed by atoms with Gasteiger partial charge in [0.1, 0.15) is 5.54 Å². The highest BCUT2D eigenvalue weighted by molar-refractivity contribution is 6.17. The van der Waals surface area contributed by atoms with Gasteiger partial charge in [0.2, 0.25) is 0 Å². The second kappa shape index (κ2) is 11.5. The summed E-state index contributed by atoms with van der Waals surface area (Å²) in [6.07, 6.45) is 8.63. The SMILES string of the molecule is CCCCCCCOC(=O)C1(NC(=O)OCCCCl)CCCC1. The van der Waals surface area contributed by atoms with Crippen molar-refractivity contribution in [3.8, 4) is 0 Å². The Bertz CT molecular complexity index is 357. The van der Waals surface area contributed by atoms with Crippen molar-refractivity contribution in [3.05, 3.63) is 0 Å². The first-order valence-corrected chi connectivity index (χ1v) is 9.36. The maximum Gasteiger partial charge on any atom is 0.408 e. The summed E-state index contributed by atoms with van der Waals surface area (Å²) < 4.78 is 10.5. The van der Waals surface area contributed by atoms with Crippen LogP contribution in [0.3, 0.4) is 0 Å². The molecule has 0 saturated heterocycles. The van der Waals surface area contributed by atoms with Crippen LogP contribution < -0.4 is 5.32 Å². The number of alkyl carbamates (subject to hydrolysis) is 1. The molecule has 0 heterocycles. The lowest BCUT2D eigenvalue weighted by atomic mass is 9.98. The van der Waals surface area contributed by atoms with Crippen LogP contribution in [0.25, 0.3) is 0 Å². The van der Waals surface area contributed by atoms with E-state index < -0.39 is 11.6 Å². The summed E-state index contributed by atoms with van der Waals surface area (Å²) in [5.74, 6) is 0.123. The van der Waals surface area contributed by atoms with E-state index in [2.05, 4.69) is 12.2 Å². The molecule has 1 aliphatic rings. The number of hydrogen-bond donors (Lipinski definition) is 1. The van der Waals surface area contributed by atoms with E-state index in [9.17, 15) is 9.59 Å². The van der Waals surface area contributed by atoms with Crippen LogP contribution >= 0.6 is 11.6 Å². The molecule has 0 radical (unpaired) electrons. The number of alkyl halides is 1. The largest absolute Gasteiger partial charge is 0.464 e. The predicted molar refractivity (Wildman–Crippen MR) is 90.7 cm³/mol. The van der Waals surface area contributed by atoms with Gasteiger partial charge >= 0.3 is 12.1 Å². The van der Waals surface area contributed by atoms with Crippen molar-refractivity contribution in [2.45, 2.75) is 76.7 Å². The third kappa shape index (κ3) is 7.42. The average molecular weight is 348 g/mol. The maximum atomic E-state index is 12.4. The second-order valence-electron chi connectivity index (χ2n) is 6.14. The molecular weight excluding hydrogens is 318 g/mol. The zero-order chi connectivity index (χ0) is 17.0. The highest BCUT2D eigenvalue weighted by atomic mass is 35.5. The number of hydrogen-bond acceptors (Lipinski definition) is 4. The maximum absolute atomic E-state index is 12.4. The van der Waals surface area contributed by atoms with Crippen molar-refractivity contribution >= 4 is 23.7 Å². The van der Waals surface area contributed by atoms with Crippen LogP contribution in [0, 0.1) is 0 Å². The molecule has 0 spiro atoms. The summed E-state index contributed by atoms with van der Waals surface area (Å²) in [5.41, 5.74) is -0.901. The molecule has 5 nitrogen and oxygen atoms in total. The number of esters is 1. The van der Waals surface area contributed by atoms with Crippen LogP contribution in [-0.4, -0.2) is 36.7 Å². The summed E-state index contributed by atoms with van der Waals surface area (Å²) in [7, 11) is 0. The van der Waals surface area contributed by atoms with Gasteiger partial charge < -0.3 is 14.8 Å². The monoisotopic (exact) mass is 347 g/mol. The van der Waals surface area contributed by atoms with Crippen LogP contribution in [0.5, 0.6) is 0 Å². The van der Waals surface area contributed by atoms with Crippen LogP contribution in [0.4, 0.5) is 4.79 Å². The zero-order valence-corrected chi connectivity index (χ0v) is 15.0. The van der Waals surface area contributed by atoms with Crippen LogP contribution in [0.1, 0.15) is 71.1 Å². The van der Waals surface area contributed by atoms with E-state index in [1.165, 1.54) is 19.3 Å². The highest BCUT2D eigenvalue weighted by Gasteiger charge is 2.44. The van der Waals surface area contributed by atoms with E-state index in [-0.39, 0.29) is 12.6 Å². The van der Waals surface area contributed by atoms with Crippen molar-refractivity contribution in [2.24, 2.45) is 0 Å². The smallest absolute Gasteiger partial charge is 0.408 e. The van der Waals surface area contributed by atoms with Gasteiger partial charge in [-0.15, -0.1) is 11.6 Å². The van der Waals surface area contributed by atoms with Crippen molar-refractivity contribution in [3.63, 3.8) is 0 Å². The van der Waals surface area contributed by atoms with Crippen LogP contribution in [0.2, 0.25) is 0 Å². The number of rotatable bonds is 11. The van der Waals surface area contributed by atoms with E-state index in [4.69, 9.17) is 21.1 Å². The highest BCUT2D eigenvalue weighted by Crippen LogP contribution is 2.31. The Hall–Kier alpha value is -0.970. The molecule has 0 bridgehead atoms. The minimum absolute atomic E-state index is 0.262. The summed E-state index contributed by atoms with van der Waals surface area (Å²) in [6.45, 7) is 2.85. The van der Waals surface area contributed by atoms with Gasteiger partial charge in [0.05, 0.1) is 13.2 Å². The fourth-order valence-electron chi connectivity index (χ4n) is 2.82. The standard InChI is InChI=1S/C17H30ClNO4/c1-2-3-4-5-8-13-22-15(20)17(10-6-7-11-17)19-16(21)23-14-9-12-18/h2-14H2,1H3,(H,19,21). The molecule has 1 fully saturated rings. The lowest BCUT2D eigenvalue weighted by Crippen LogP contribution is -2.53. The average Bonchev–Trinajstić information content (AvgIpc) is 3.00. The number of amides is 1. The second-order valence-corrected chi connectivity index (χ2v) is 6.52. The van der Waals surface area contributed by atoms with Gasteiger partial charge in [-0.05, 0) is 25.7 Å². The fourth-order valence-corrected chi connectivity index (χ4v) is 2.93. The van der Waals surface area contributed by atoms with Gasteiger partial charge in [0.25, 0.3) is 0 Å². The Balaban J connectivity index is 2.36. The van der Waals surface area contributed by atoms with Gasteiger partial charge in [-0.25, -0.2) is 9.59 Å². The van der Waals surface area contributed by atoms with E-state index in [1.54, 1.807) is 0 Å². The number of carbonyl (C=O) groups is 2. The summed E-state index contributed by atoms with van der Waals surface area (Å²) in [4.78, 5) is 24.3. The molecule has 1 amide bonds. The molecule has 0 aromatic rings. The lowest BCUT2D eigenvalue weighted by molar-refractivity contribution is -0.151. The normalized spacial score (nSPS) is 16.1. The first-order chi connectivity index (χ1) is 11.1. The molecule has 1 N–H and O–H groups in total. The predicted octanol–water partition coefficient (Wildman–Crippen LogP) is 4.17. The molecule has 1 aliphatic carbocycles. The van der Waals surface area contributed by atoms with Gasteiger partial charge in [0.15, 0.2) is 0 Å². The first kappa shape index (κ1) is 20.1. The Morgan fingerprint density at radius 1 is 1.00 bits per heavy atom. The Morgan fingerprint density at radius 3 is 2.30 bits per heavy atom. The van der Waals surface area contributed by atoms with Crippen molar-refractivity contribution in [1.29, 1.82) is 0 Å². The third-order valence-corrected chi connectivity index (χ3v) is 4.45. The van der Waals surface area contributed by atoms with Gasteiger partial charge in [-0.3, -0.25) is 0 Å². The first-order valence-electron chi connectivity index (χ1n) is 8.83. The number of nitrogens with one attached hydrogen (secondary N) is 1.